The lowest BCUT2D eigenvalue weighted by molar-refractivity contribution is -0.138. The van der Waals surface area contributed by atoms with Crippen molar-refractivity contribution in [2.24, 2.45) is 0 Å². The molecule has 1 heterocycles. The summed E-state index contributed by atoms with van der Waals surface area (Å²) in [7, 11) is 0. The smallest absolute Gasteiger partial charge is 0.330 e. The predicted octanol–water partition coefficient (Wildman–Crippen LogP) is 0.570. The zero-order valence-electron chi connectivity index (χ0n) is 5.93. The summed E-state index contributed by atoms with van der Waals surface area (Å²) >= 11 is 0. The SMILES string of the molecule is C=COC(=O)Cn1ccnc1. The molecule has 58 valence electrons. The number of imidazole rings is 1. The van der Waals surface area contributed by atoms with Gasteiger partial charge >= 0.3 is 5.97 Å². The quantitative estimate of drug-likeness (QED) is 0.469. The molecule has 0 radical (unpaired) electrons. The third-order valence-electron chi connectivity index (χ3n) is 1.09. The van der Waals surface area contributed by atoms with E-state index in [0.717, 1.165) is 6.26 Å². The standard InChI is InChI=1S/C7H8N2O2/c1-2-11-7(10)5-9-4-3-8-6-9/h2-4,6H,1,5H2. The Labute approximate surface area is 64.1 Å². The van der Waals surface area contributed by atoms with Crippen LogP contribution < -0.4 is 0 Å². The maximum atomic E-state index is 10.8. The van der Waals surface area contributed by atoms with Crippen LogP contribution in [0.1, 0.15) is 0 Å². The number of hydrogen-bond acceptors (Lipinski definition) is 3. The molecule has 0 N–H and O–H groups in total. The van der Waals surface area contributed by atoms with Gasteiger partial charge in [-0.05, 0) is 0 Å². The summed E-state index contributed by atoms with van der Waals surface area (Å²) in [4.78, 5) is 14.5. The zero-order chi connectivity index (χ0) is 8.10. The monoisotopic (exact) mass is 152 g/mol. The number of carbonyl (C=O) groups is 1. The maximum Gasteiger partial charge on any atom is 0.330 e. The molecule has 0 aliphatic heterocycles. The summed E-state index contributed by atoms with van der Waals surface area (Å²) < 4.78 is 6.11. The molecule has 0 fully saturated rings. The first kappa shape index (κ1) is 7.53. The second-order valence-corrected chi connectivity index (χ2v) is 1.89. The molecule has 0 amide bonds. The van der Waals surface area contributed by atoms with E-state index in [-0.39, 0.29) is 12.5 Å². The minimum absolute atomic E-state index is 0.173. The number of hydrogen-bond donors (Lipinski definition) is 0. The van der Waals surface area contributed by atoms with Crippen LogP contribution in [0, 0.1) is 0 Å². The molecule has 4 heteroatoms. The highest BCUT2D eigenvalue weighted by molar-refractivity contribution is 5.69. The van der Waals surface area contributed by atoms with Gasteiger partial charge in [-0.15, -0.1) is 0 Å². The van der Waals surface area contributed by atoms with Gasteiger partial charge in [0.05, 0.1) is 12.6 Å². The van der Waals surface area contributed by atoms with E-state index in [4.69, 9.17) is 0 Å². The average molecular weight is 152 g/mol. The highest BCUT2D eigenvalue weighted by Gasteiger charge is 1.99. The molecular formula is C7H8N2O2. The first-order valence-electron chi connectivity index (χ1n) is 3.09. The number of nitrogens with zero attached hydrogens (tertiary/aromatic N) is 2. The van der Waals surface area contributed by atoms with Crippen LogP contribution in [0.25, 0.3) is 0 Å². The molecule has 11 heavy (non-hydrogen) atoms. The van der Waals surface area contributed by atoms with Gasteiger partial charge in [0, 0.05) is 12.4 Å². The van der Waals surface area contributed by atoms with Gasteiger partial charge in [-0.3, -0.25) is 0 Å². The van der Waals surface area contributed by atoms with Gasteiger partial charge in [0.15, 0.2) is 0 Å². The van der Waals surface area contributed by atoms with E-state index in [1.807, 2.05) is 0 Å². The molecule has 0 bridgehead atoms. The molecular weight excluding hydrogens is 144 g/mol. The van der Waals surface area contributed by atoms with E-state index in [0.29, 0.717) is 0 Å². The predicted molar refractivity (Wildman–Crippen MR) is 38.5 cm³/mol. The van der Waals surface area contributed by atoms with E-state index in [1.165, 1.54) is 0 Å². The Balaban J connectivity index is 2.43. The second-order valence-electron chi connectivity index (χ2n) is 1.89. The Hall–Kier alpha value is -1.58. The topological polar surface area (TPSA) is 44.1 Å². The van der Waals surface area contributed by atoms with Gasteiger partial charge in [0.2, 0.25) is 0 Å². The summed E-state index contributed by atoms with van der Waals surface area (Å²) in [5.41, 5.74) is 0. The lowest BCUT2D eigenvalue weighted by Crippen LogP contribution is -2.08. The van der Waals surface area contributed by atoms with Crippen molar-refractivity contribution in [1.82, 2.24) is 9.55 Å². The molecule has 4 nitrogen and oxygen atoms in total. The fraction of sp³-hybridized carbons (Fsp3) is 0.143. The Kier molecular flexibility index (Phi) is 2.43. The summed E-state index contributed by atoms with van der Waals surface area (Å²) in [6.07, 6.45) is 5.94. The minimum Gasteiger partial charge on any atom is -0.434 e. The molecule has 0 saturated carbocycles. The third-order valence-corrected chi connectivity index (χ3v) is 1.09. The summed E-state index contributed by atoms with van der Waals surface area (Å²) in [5.74, 6) is -0.349. The van der Waals surface area contributed by atoms with Gasteiger partial charge in [-0.1, -0.05) is 6.58 Å². The highest BCUT2D eigenvalue weighted by Crippen LogP contribution is 1.88. The van der Waals surface area contributed by atoms with E-state index in [9.17, 15) is 4.79 Å². The lowest BCUT2D eigenvalue weighted by Gasteiger charge is -1.98. The van der Waals surface area contributed by atoms with Gasteiger partial charge < -0.3 is 9.30 Å². The van der Waals surface area contributed by atoms with Crippen molar-refractivity contribution >= 4 is 5.97 Å². The van der Waals surface area contributed by atoms with Crippen molar-refractivity contribution < 1.29 is 9.53 Å². The van der Waals surface area contributed by atoms with Gasteiger partial charge in [-0.25, -0.2) is 9.78 Å². The minimum atomic E-state index is -0.349. The number of ether oxygens (including phenoxy) is 1. The Morgan fingerprint density at radius 2 is 2.64 bits per heavy atom. The number of rotatable bonds is 3. The van der Waals surface area contributed by atoms with Gasteiger partial charge in [0.25, 0.3) is 0 Å². The largest absolute Gasteiger partial charge is 0.434 e. The molecule has 1 rings (SSSR count). The van der Waals surface area contributed by atoms with Crippen LogP contribution in [0.15, 0.2) is 31.6 Å². The summed E-state index contributed by atoms with van der Waals surface area (Å²) in [6, 6.07) is 0. The van der Waals surface area contributed by atoms with Crippen LogP contribution in [0.3, 0.4) is 0 Å². The van der Waals surface area contributed by atoms with Crippen LogP contribution in [0.2, 0.25) is 0 Å². The molecule has 0 aromatic carbocycles. The van der Waals surface area contributed by atoms with Gasteiger partial charge in [-0.2, -0.15) is 0 Å². The first-order chi connectivity index (χ1) is 5.33. The average Bonchev–Trinajstić information content (AvgIpc) is 2.40. The van der Waals surface area contributed by atoms with Crippen molar-refractivity contribution in [3.8, 4) is 0 Å². The van der Waals surface area contributed by atoms with Crippen LogP contribution in [-0.2, 0) is 16.1 Å². The first-order valence-corrected chi connectivity index (χ1v) is 3.09. The van der Waals surface area contributed by atoms with Crippen LogP contribution in [-0.4, -0.2) is 15.5 Å². The molecule has 1 aromatic rings. The highest BCUT2D eigenvalue weighted by atomic mass is 16.5. The fourth-order valence-electron chi connectivity index (χ4n) is 0.660. The van der Waals surface area contributed by atoms with Crippen molar-refractivity contribution in [2.45, 2.75) is 6.54 Å². The van der Waals surface area contributed by atoms with Crippen LogP contribution in [0.5, 0.6) is 0 Å². The van der Waals surface area contributed by atoms with E-state index < -0.39 is 0 Å². The maximum absolute atomic E-state index is 10.8. The number of carbonyl (C=O) groups excluding carboxylic acids is 1. The lowest BCUT2D eigenvalue weighted by atomic mass is 10.6. The Morgan fingerprint density at radius 3 is 3.18 bits per heavy atom. The number of aromatic nitrogens is 2. The zero-order valence-corrected chi connectivity index (χ0v) is 5.93. The van der Waals surface area contributed by atoms with E-state index >= 15 is 0 Å². The Morgan fingerprint density at radius 1 is 1.82 bits per heavy atom. The van der Waals surface area contributed by atoms with Crippen LogP contribution >= 0.6 is 0 Å². The fourth-order valence-corrected chi connectivity index (χ4v) is 0.660. The summed E-state index contributed by atoms with van der Waals surface area (Å²) in [5, 5.41) is 0. The second kappa shape index (κ2) is 3.55. The number of esters is 1. The van der Waals surface area contributed by atoms with Crippen molar-refractivity contribution in [2.75, 3.05) is 0 Å². The van der Waals surface area contributed by atoms with Gasteiger partial charge in [0.1, 0.15) is 6.54 Å². The normalized spacial score (nSPS) is 9.09. The van der Waals surface area contributed by atoms with E-state index in [2.05, 4.69) is 16.3 Å². The van der Waals surface area contributed by atoms with Crippen molar-refractivity contribution in [3.63, 3.8) is 0 Å². The molecule has 0 unspecified atom stereocenters. The molecule has 0 spiro atoms. The molecule has 0 aliphatic rings. The molecule has 0 aliphatic carbocycles. The molecule has 0 saturated heterocycles. The van der Waals surface area contributed by atoms with E-state index in [1.54, 1.807) is 23.3 Å². The van der Waals surface area contributed by atoms with Crippen LogP contribution in [0.4, 0.5) is 0 Å². The molecule has 1 aromatic heterocycles. The van der Waals surface area contributed by atoms with Crippen molar-refractivity contribution in [1.29, 1.82) is 0 Å². The Bertz CT molecular complexity index is 241. The summed E-state index contributed by atoms with van der Waals surface area (Å²) in [6.45, 7) is 3.43. The third kappa shape index (κ3) is 2.25. The molecule has 0 atom stereocenters. The van der Waals surface area contributed by atoms with Crippen molar-refractivity contribution in [3.05, 3.63) is 31.6 Å².